The lowest BCUT2D eigenvalue weighted by Gasteiger charge is -2.04. The molecule has 0 unspecified atom stereocenters. The minimum Gasteiger partial charge on any atom is -0.349 e. The minimum atomic E-state index is -4.50. The van der Waals surface area contributed by atoms with E-state index in [9.17, 15) is 22.0 Å². The predicted octanol–water partition coefficient (Wildman–Crippen LogP) is 1.11. The van der Waals surface area contributed by atoms with E-state index < -0.39 is 37.1 Å². The highest BCUT2D eigenvalue weighted by Crippen LogP contribution is 2.24. The third-order valence-electron chi connectivity index (χ3n) is 1.66. The molecule has 0 bridgehead atoms. The Hall–Kier alpha value is -1.46. The average Bonchev–Trinajstić information content (AvgIpc) is 2.15. The summed E-state index contributed by atoms with van der Waals surface area (Å²) in [5.41, 5.74) is -3.29. The molecule has 5 nitrogen and oxygen atoms in total. The van der Waals surface area contributed by atoms with Crippen molar-refractivity contribution >= 4 is 19.7 Å². The zero-order chi connectivity index (χ0) is 12.5. The van der Waals surface area contributed by atoms with Crippen LogP contribution in [-0.2, 0) is 9.05 Å². The molecule has 0 aromatic carbocycles. The van der Waals surface area contributed by atoms with Crippen LogP contribution in [0.1, 0.15) is 17.6 Å². The van der Waals surface area contributed by atoms with Crippen LogP contribution in [0.15, 0.2) is 16.0 Å². The van der Waals surface area contributed by atoms with Gasteiger partial charge in [0, 0.05) is 16.9 Å². The van der Waals surface area contributed by atoms with E-state index in [0.717, 1.165) is 0 Å². The Bertz CT molecular complexity index is 617. The van der Waals surface area contributed by atoms with Crippen LogP contribution in [-0.4, -0.2) is 13.4 Å². The van der Waals surface area contributed by atoms with Gasteiger partial charge in [-0.05, 0) is 0 Å². The highest BCUT2D eigenvalue weighted by atomic mass is 35.7. The van der Waals surface area contributed by atoms with Gasteiger partial charge in [-0.3, -0.25) is 4.79 Å². The normalized spacial score (nSPS) is 11.4. The van der Waals surface area contributed by atoms with Crippen molar-refractivity contribution in [3.8, 4) is 6.07 Å². The van der Waals surface area contributed by atoms with Crippen LogP contribution in [0.25, 0.3) is 0 Å². The van der Waals surface area contributed by atoms with Crippen molar-refractivity contribution in [3.63, 3.8) is 0 Å². The van der Waals surface area contributed by atoms with E-state index in [4.69, 9.17) is 15.9 Å². The van der Waals surface area contributed by atoms with E-state index in [1.807, 2.05) is 4.98 Å². The molecule has 16 heavy (non-hydrogen) atoms. The lowest BCUT2D eigenvalue weighted by Crippen LogP contribution is -2.18. The number of hydrogen-bond donors (Lipinski definition) is 1. The van der Waals surface area contributed by atoms with Crippen molar-refractivity contribution in [2.45, 2.75) is 11.5 Å². The van der Waals surface area contributed by atoms with Crippen LogP contribution in [0.4, 0.5) is 8.78 Å². The summed E-state index contributed by atoms with van der Waals surface area (Å²) in [5, 5.41) is 7.33. The molecule has 0 radical (unpaired) electrons. The molecule has 1 heterocycles. The average molecular weight is 269 g/mol. The number of hydrogen-bond acceptors (Lipinski definition) is 4. The molecule has 0 spiro atoms. The number of pyridine rings is 1. The number of alkyl halides is 2. The Kier molecular flexibility index (Phi) is 3.30. The first-order chi connectivity index (χ1) is 7.29. The first kappa shape index (κ1) is 12.6. The fourth-order valence-electron chi connectivity index (χ4n) is 1.01. The second-order valence-electron chi connectivity index (χ2n) is 2.62. The first-order valence-electron chi connectivity index (χ1n) is 3.67. The maximum Gasteiger partial charge on any atom is 0.277 e. The van der Waals surface area contributed by atoms with E-state index in [-0.39, 0.29) is 0 Å². The smallest absolute Gasteiger partial charge is 0.277 e. The molecule has 1 N–H and O–H groups in total. The van der Waals surface area contributed by atoms with E-state index >= 15 is 0 Å². The van der Waals surface area contributed by atoms with Crippen LogP contribution in [0, 0.1) is 11.3 Å². The molecule has 86 valence electrons. The van der Waals surface area contributed by atoms with E-state index in [0.29, 0.717) is 6.20 Å². The van der Waals surface area contributed by atoms with Crippen LogP contribution in [0.5, 0.6) is 0 Å². The Balaban J connectivity index is 3.76. The second kappa shape index (κ2) is 4.19. The SMILES string of the molecule is N#Cc1c[nH]c(S(=O)(=O)Cl)c(C(F)F)c1=O. The first-order valence-corrected chi connectivity index (χ1v) is 5.98. The number of aromatic amines is 1. The van der Waals surface area contributed by atoms with E-state index in [1.54, 1.807) is 0 Å². The van der Waals surface area contributed by atoms with Gasteiger partial charge >= 0.3 is 0 Å². The van der Waals surface area contributed by atoms with Crippen molar-refractivity contribution < 1.29 is 17.2 Å². The van der Waals surface area contributed by atoms with Crippen LogP contribution >= 0.6 is 10.7 Å². The lowest BCUT2D eigenvalue weighted by atomic mass is 10.2. The van der Waals surface area contributed by atoms with Gasteiger partial charge in [0.1, 0.15) is 17.2 Å². The van der Waals surface area contributed by atoms with Crippen molar-refractivity contribution in [2.24, 2.45) is 0 Å². The van der Waals surface area contributed by atoms with Gasteiger partial charge in [0.2, 0.25) is 5.43 Å². The van der Waals surface area contributed by atoms with Gasteiger partial charge in [-0.25, -0.2) is 17.2 Å². The number of nitrogens with zero attached hydrogens (tertiary/aromatic N) is 1. The Morgan fingerprint density at radius 2 is 2.06 bits per heavy atom. The Morgan fingerprint density at radius 3 is 2.44 bits per heavy atom. The van der Waals surface area contributed by atoms with Gasteiger partial charge in [0.15, 0.2) is 5.03 Å². The van der Waals surface area contributed by atoms with E-state index in [2.05, 4.69) is 0 Å². The number of halogens is 3. The summed E-state index contributed by atoms with van der Waals surface area (Å²) >= 11 is 0. The topological polar surface area (TPSA) is 90.8 Å². The zero-order valence-electron chi connectivity index (χ0n) is 7.37. The summed E-state index contributed by atoms with van der Waals surface area (Å²) in [6, 6.07) is 1.35. The zero-order valence-corrected chi connectivity index (χ0v) is 8.94. The molecule has 0 aliphatic carbocycles. The number of H-pyrrole nitrogens is 1. The third-order valence-corrected chi connectivity index (χ3v) is 2.95. The number of aromatic nitrogens is 1. The highest BCUT2D eigenvalue weighted by molar-refractivity contribution is 8.13. The van der Waals surface area contributed by atoms with Gasteiger partial charge < -0.3 is 4.98 Å². The van der Waals surface area contributed by atoms with Crippen molar-refractivity contribution in [1.29, 1.82) is 5.26 Å². The molecule has 1 rings (SSSR count). The van der Waals surface area contributed by atoms with Gasteiger partial charge in [-0.15, -0.1) is 0 Å². The monoisotopic (exact) mass is 268 g/mol. The fourth-order valence-corrected chi connectivity index (χ4v) is 2.04. The number of nitriles is 1. The van der Waals surface area contributed by atoms with Crippen molar-refractivity contribution in [1.82, 2.24) is 4.98 Å². The van der Waals surface area contributed by atoms with Gasteiger partial charge in [0.25, 0.3) is 15.5 Å². The third kappa shape index (κ3) is 2.20. The molecule has 0 aliphatic heterocycles. The van der Waals surface area contributed by atoms with E-state index in [1.165, 1.54) is 6.07 Å². The summed E-state index contributed by atoms with van der Waals surface area (Å²) in [7, 11) is 0.362. The summed E-state index contributed by atoms with van der Waals surface area (Å²) < 4.78 is 46.7. The number of rotatable bonds is 2. The molecule has 1 aromatic heterocycles. The molecule has 0 saturated carbocycles. The Morgan fingerprint density at radius 1 is 1.50 bits per heavy atom. The fraction of sp³-hybridized carbons (Fsp3) is 0.143. The van der Waals surface area contributed by atoms with Crippen LogP contribution in [0.2, 0.25) is 0 Å². The van der Waals surface area contributed by atoms with Crippen LogP contribution < -0.4 is 5.43 Å². The predicted molar refractivity (Wildman–Crippen MR) is 49.8 cm³/mol. The molecule has 9 heteroatoms. The summed E-state index contributed by atoms with van der Waals surface area (Å²) in [6.07, 6.45) is -2.63. The molecule has 0 saturated heterocycles. The second-order valence-corrected chi connectivity index (χ2v) is 5.13. The van der Waals surface area contributed by atoms with Gasteiger partial charge in [0.05, 0.1) is 0 Å². The van der Waals surface area contributed by atoms with Crippen molar-refractivity contribution in [3.05, 3.63) is 27.5 Å². The van der Waals surface area contributed by atoms with Crippen molar-refractivity contribution in [2.75, 3.05) is 0 Å². The van der Waals surface area contributed by atoms with Gasteiger partial charge in [-0.1, -0.05) is 0 Å². The molecule has 0 fully saturated rings. The Labute approximate surface area is 92.7 Å². The molecule has 1 aromatic rings. The quantitative estimate of drug-likeness (QED) is 0.814. The lowest BCUT2D eigenvalue weighted by molar-refractivity contribution is 0.145. The largest absolute Gasteiger partial charge is 0.349 e. The summed E-state index contributed by atoms with van der Waals surface area (Å²) in [5.74, 6) is 0. The van der Waals surface area contributed by atoms with Gasteiger partial charge in [-0.2, -0.15) is 5.26 Å². The minimum absolute atomic E-state index is 0.612. The standard InChI is InChI=1S/C7H3ClF2N2O3S/c8-16(14,15)7-4(6(9)10)5(13)3(1-11)2-12-7/h2,6H,(H,12,13). The molecule has 0 amide bonds. The highest BCUT2D eigenvalue weighted by Gasteiger charge is 2.27. The molecular weight excluding hydrogens is 266 g/mol. The molecule has 0 atom stereocenters. The maximum absolute atomic E-state index is 12.5. The molecule has 0 aliphatic rings. The number of nitrogens with one attached hydrogen (secondary N) is 1. The summed E-state index contributed by atoms with van der Waals surface area (Å²) in [6.45, 7) is 0. The molecular formula is C7H3ClF2N2O3S. The summed E-state index contributed by atoms with van der Waals surface area (Å²) in [4.78, 5) is 13.2. The maximum atomic E-state index is 12.5. The van der Waals surface area contributed by atoms with Crippen LogP contribution in [0.3, 0.4) is 0 Å².